The van der Waals surface area contributed by atoms with Crippen LogP contribution in [0.2, 0.25) is 0 Å². The molecule has 0 aromatic carbocycles. The van der Waals surface area contributed by atoms with Gasteiger partial charge in [-0.15, -0.1) is 0 Å². The minimum atomic E-state index is -0.295. The molecule has 1 N–H and O–H groups in total. The molecule has 0 unspecified atom stereocenters. The average Bonchev–Trinajstić information content (AvgIpc) is 2.34. The van der Waals surface area contributed by atoms with Gasteiger partial charge in [0.15, 0.2) is 0 Å². The van der Waals surface area contributed by atoms with E-state index in [4.69, 9.17) is 0 Å². The van der Waals surface area contributed by atoms with E-state index in [0.717, 1.165) is 10.2 Å². The fraction of sp³-hybridized carbons (Fsp3) is 0.0833. The summed E-state index contributed by atoms with van der Waals surface area (Å²) in [6.45, 7) is 1.86. The van der Waals surface area contributed by atoms with Crippen LogP contribution in [0.3, 0.4) is 0 Å². The largest absolute Gasteiger partial charge is 0.305 e. The average molecular weight is 371 g/mol. The number of carbonyl (C=O) groups excluding carboxylic acids is 1. The highest BCUT2D eigenvalue weighted by Gasteiger charge is 2.12. The summed E-state index contributed by atoms with van der Waals surface area (Å²) in [4.78, 5) is 20.2. The SMILES string of the molecule is Cc1nc(NC(=O)c2ncccc2Br)ccc1Br. The van der Waals surface area contributed by atoms with Gasteiger partial charge in [-0.05, 0) is 63.0 Å². The topological polar surface area (TPSA) is 54.9 Å². The van der Waals surface area contributed by atoms with Gasteiger partial charge >= 0.3 is 0 Å². The zero-order valence-electron chi connectivity index (χ0n) is 9.45. The third-order valence-electron chi connectivity index (χ3n) is 2.24. The third kappa shape index (κ3) is 2.94. The predicted octanol–water partition coefficient (Wildman–Crippen LogP) is 3.56. The van der Waals surface area contributed by atoms with Gasteiger partial charge < -0.3 is 5.32 Å². The van der Waals surface area contributed by atoms with Crippen molar-refractivity contribution in [3.05, 3.63) is 50.8 Å². The number of aromatic nitrogens is 2. The van der Waals surface area contributed by atoms with Gasteiger partial charge in [-0.2, -0.15) is 0 Å². The van der Waals surface area contributed by atoms with Gasteiger partial charge in [0.25, 0.3) is 5.91 Å². The molecule has 0 aliphatic heterocycles. The molecule has 2 aromatic heterocycles. The zero-order valence-corrected chi connectivity index (χ0v) is 12.6. The van der Waals surface area contributed by atoms with Gasteiger partial charge in [-0.25, -0.2) is 9.97 Å². The molecule has 0 spiro atoms. The first-order valence-corrected chi connectivity index (χ1v) is 6.71. The Morgan fingerprint density at radius 3 is 2.67 bits per heavy atom. The van der Waals surface area contributed by atoms with E-state index in [1.54, 1.807) is 24.4 Å². The number of hydrogen-bond acceptors (Lipinski definition) is 3. The van der Waals surface area contributed by atoms with Gasteiger partial charge in [-0.1, -0.05) is 0 Å². The van der Waals surface area contributed by atoms with Crippen molar-refractivity contribution in [3.63, 3.8) is 0 Å². The number of hydrogen-bond donors (Lipinski definition) is 1. The number of rotatable bonds is 2. The standard InChI is InChI=1S/C12H9Br2N3O/c1-7-8(13)4-5-10(16-7)17-12(18)11-9(14)3-2-6-15-11/h2-6H,1H3,(H,16,17,18). The molecule has 6 heteroatoms. The van der Waals surface area contributed by atoms with Crippen molar-refractivity contribution in [3.8, 4) is 0 Å². The molecule has 0 fully saturated rings. The number of carbonyl (C=O) groups is 1. The second kappa shape index (κ2) is 5.58. The molecule has 4 nitrogen and oxygen atoms in total. The van der Waals surface area contributed by atoms with Crippen LogP contribution in [0, 0.1) is 6.92 Å². The Morgan fingerprint density at radius 2 is 2.00 bits per heavy atom. The van der Waals surface area contributed by atoms with E-state index in [0.29, 0.717) is 16.0 Å². The lowest BCUT2D eigenvalue weighted by atomic mass is 10.3. The molecular weight excluding hydrogens is 362 g/mol. The van der Waals surface area contributed by atoms with Gasteiger partial charge in [0.1, 0.15) is 11.5 Å². The first-order valence-electron chi connectivity index (χ1n) is 5.13. The summed E-state index contributed by atoms with van der Waals surface area (Å²) in [5.41, 5.74) is 1.15. The van der Waals surface area contributed by atoms with Gasteiger partial charge in [0, 0.05) is 15.1 Å². The number of nitrogens with zero attached hydrogens (tertiary/aromatic N) is 2. The number of anilines is 1. The van der Waals surface area contributed by atoms with Crippen LogP contribution in [-0.4, -0.2) is 15.9 Å². The summed E-state index contributed by atoms with van der Waals surface area (Å²) in [6.07, 6.45) is 1.57. The van der Waals surface area contributed by atoms with Crippen molar-refractivity contribution in [2.45, 2.75) is 6.92 Å². The van der Waals surface area contributed by atoms with Crippen molar-refractivity contribution >= 4 is 43.6 Å². The Balaban J connectivity index is 2.22. The van der Waals surface area contributed by atoms with Gasteiger partial charge in [0.2, 0.25) is 0 Å². The van der Waals surface area contributed by atoms with Crippen LogP contribution < -0.4 is 5.32 Å². The van der Waals surface area contributed by atoms with E-state index in [1.165, 1.54) is 0 Å². The van der Waals surface area contributed by atoms with E-state index in [9.17, 15) is 4.79 Å². The van der Waals surface area contributed by atoms with Gasteiger partial charge in [-0.3, -0.25) is 4.79 Å². The van der Waals surface area contributed by atoms with Crippen LogP contribution >= 0.6 is 31.9 Å². The lowest BCUT2D eigenvalue weighted by molar-refractivity contribution is 0.102. The van der Waals surface area contributed by atoms with Gasteiger partial charge in [0.05, 0.1) is 5.69 Å². The molecule has 0 saturated carbocycles. The molecule has 2 rings (SSSR count). The summed E-state index contributed by atoms with van der Waals surface area (Å²) < 4.78 is 1.55. The summed E-state index contributed by atoms with van der Waals surface area (Å²) in [5, 5.41) is 2.70. The highest BCUT2D eigenvalue weighted by molar-refractivity contribution is 9.10. The first kappa shape index (κ1) is 13.2. The summed E-state index contributed by atoms with van der Waals surface area (Å²) >= 11 is 6.64. The monoisotopic (exact) mass is 369 g/mol. The van der Waals surface area contributed by atoms with Crippen molar-refractivity contribution in [1.29, 1.82) is 0 Å². The van der Waals surface area contributed by atoms with E-state index < -0.39 is 0 Å². The number of nitrogens with one attached hydrogen (secondary N) is 1. The maximum atomic E-state index is 12.0. The quantitative estimate of drug-likeness (QED) is 0.879. The molecule has 18 heavy (non-hydrogen) atoms. The smallest absolute Gasteiger partial charge is 0.276 e. The van der Waals surface area contributed by atoms with E-state index >= 15 is 0 Å². The van der Waals surface area contributed by atoms with Crippen LogP contribution in [-0.2, 0) is 0 Å². The molecule has 2 heterocycles. The molecule has 2 aromatic rings. The van der Waals surface area contributed by atoms with Crippen LogP contribution in [0.15, 0.2) is 39.4 Å². The molecule has 0 radical (unpaired) electrons. The summed E-state index contributed by atoms with van der Waals surface area (Å²) in [5.74, 6) is 0.204. The van der Waals surface area contributed by atoms with Crippen LogP contribution in [0.1, 0.15) is 16.2 Å². The number of amides is 1. The number of aryl methyl sites for hydroxylation is 1. The minimum Gasteiger partial charge on any atom is -0.305 e. The summed E-state index contributed by atoms with van der Waals surface area (Å²) in [6, 6.07) is 7.09. The first-order chi connectivity index (χ1) is 8.58. The molecule has 1 amide bonds. The molecule has 0 aliphatic carbocycles. The van der Waals surface area contributed by atoms with E-state index in [-0.39, 0.29) is 5.91 Å². The van der Waals surface area contributed by atoms with E-state index in [2.05, 4.69) is 47.1 Å². The summed E-state index contributed by atoms with van der Waals surface area (Å²) in [7, 11) is 0. The normalized spacial score (nSPS) is 10.2. The molecule has 0 aliphatic rings. The highest BCUT2D eigenvalue weighted by atomic mass is 79.9. The maximum Gasteiger partial charge on any atom is 0.276 e. The minimum absolute atomic E-state index is 0.295. The molecule has 0 atom stereocenters. The fourth-order valence-corrected chi connectivity index (χ4v) is 2.00. The lowest BCUT2D eigenvalue weighted by Crippen LogP contribution is -2.15. The Labute approximate surface area is 121 Å². The maximum absolute atomic E-state index is 12.0. The Bertz CT molecular complexity index is 602. The second-order valence-electron chi connectivity index (χ2n) is 3.55. The lowest BCUT2D eigenvalue weighted by Gasteiger charge is -2.06. The van der Waals surface area contributed by atoms with Crippen molar-refractivity contribution < 1.29 is 4.79 Å². The molecule has 0 bridgehead atoms. The van der Waals surface area contributed by atoms with Crippen LogP contribution in [0.25, 0.3) is 0 Å². The van der Waals surface area contributed by atoms with Crippen LogP contribution in [0.4, 0.5) is 5.82 Å². The highest BCUT2D eigenvalue weighted by Crippen LogP contribution is 2.18. The number of halogens is 2. The predicted molar refractivity (Wildman–Crippen MR) is 76.6 cm³/mol. The zero-order chi connectivity index (χ0) is 13.1. The number of pyridine rings is 2. The van der Waals surface area contributed by atoms with Crippen LogP contribution in [0.5, 0.6) is 0 Å². The molecule has 92 valence electrons. The third-order valence-corrected chi connectivity index (χ3v) is 3.71. The fourth-order valence-electron chi connectivity index (χ4n) is 1.34. The Hall–Kier alpha value is -1.27. The van der Waals surface area contributed by atoms with Crippen molar-refractivity contribution in [1.82, 2.24) is 9.97 Å². The Kier molecular flexibility index (Phi) is 4.08. The van der Waals surface area contributed by atoms with E-state index in [1.807, 2.05) is 13.0 Å². The molecular formula is C12H9Br2N3O. The Morgan fingerprint density at radius 1 is 1.22 bits per heavy atom. The van der Waals surface area contributed by atoms with Crippen molar-refractivity contribution in [2.75, 3.05) is 5.32 Å². The second-order valence-corrected chi connectivity index (χ2v) is 5.26. The molecule has 0 saturated heterocycles. The van der Waals surface area contributed by atoms with Crippen molar-refractivity contribution in [2.24, 2.45) is 0 Å².